The van der Waals surface area contributed by atoms with E-state index < -0.39 is 0 Å². The average Bonchev–Trinajstić information content (AvgIpc) is 2.78. The van der Waals surface area contributed by atoms with Gasteiger partial charge in [-0.25, -0.2) is 0 Å². The van der Waals surface area contributed by atoms with Gasteiger partial charge in [-0.05, 0) is 42.5 Å². The van der Waals surface area contributed by atoms with Crippen LogP contribution >= 0.6 is 15.9 Å². The molecule has 0 fully saturated rings. The molecule has 3 aromatic rings. The minimum Gasteiger partial charge on any atom is -0.508 e. The van der Waals surface area contributed by atoms with Crippen LogP contribution in [-0.4, -0.2) is 10.1 Å². The van der Waals surface area contributed by atoms with Crippen LogP contribution in [0.1, 0.15) is 5.69 Å². The number of nitrogens with one attached hydrogen (secondary N) is 1. The summed E-state index contributed by atoms with van der Waals surface area (Å²) in [6.45, 7) is 0.464. The lowest BCUT2D eigenvalue weighted by Gasteiger charge is -2.04. The van der Waals surface area contributed by atoms with Gasteiger partial charge in [-0.3, -0.25) is 0 Å². The van der Waals surface area contributed by atoms with E-state index in [1.54, 1.807) is 12.1 Å². The molecule has 19 heavy (non-hydrogen) atoms. The molecule has 0 saturated heterocycles. The number of aromatic nitrogens is 1. The Morgan fingerprint density at radius 1 is 1.11 bits per heavy atom. The molecule has 0 spiro atoms. The Balaban J connectivity index is 1.78. The highest BCUT2D eigenvalue weighted by Gasteiger charge is 2.03. The quantitative estimate of drug-likeness (QED) is 0.759. The van der Waals surface area contributed by atoms with Gasteiger partial charge < -0.3 is 14.8 Å². The first-order chi connectivity index (χ1) is 9.20. The summed E-state index contributed by atoms with van der Waals surface area (Å²) in [6.07, 6.45) is 0. The van der Waals surface area contributed by atoms with Gasteiger partial charge in [0.05, 0.1) is 5.69 Å². The lowest BCUT2D eigenvalue weighted by molar-refractivity contribution is 0.302. The molecule has 0 bridgehead atoms. The fraction of sp³-hybridized carbons (Fsp3) is 0.0667. The molecule has 0 amide bonds. The molecule has 2 aromatic carbocycles. The number of ether oxygens (including phenoxy) is 1. The van der Waals surface area contributed by atoms with Gasteiger partial charge in [0.25, 0.3) is 0 Å². The number of fused-ring (bicyclic) bond motifs is 1. The second kappa shape index (κ2) is 4.97. The van der Waals surface area contributed by atoms with Gasteiger partial charge in [-0.1, -0.05) is 22.0 Å². The first kappa shape index (κ1) is 12.1. The zero-order chi connectivity index (χ0) is 13.2. The van der Waals surface area contributed by atoms with E-state index in [4.69, 9.17) is 4.74 Å². The van der Waals surface area contributed by atoms with E-state index in [1.807, 2.05) is 36.4 Å². The lowest BCUT2D eigenvalue weighted by atomic mass is 10.2. The number of H-pyrrole nitrogens is 1. The summed E-state index contributed by atoms with van der Waals surface area (Å²) < 4.78 is 6.70. The van der Waals surface area contributed by atoms with E-state index in [1.165, 1.54) is 0 Å². The van der Waals surface area contributed by atoms with Gasteiger partial charge in [0.2, 0.25) is 0 Å². The fourth-order valence-electron chi connectivity index (χ4n) is 1.98. The maximum Gasteiger partial charge on any atom is 0.128 e. The molecule has 3 nitrogen and oxygen atoms in total. The van der Waals surface area contributed by atoms with Crippen molar-refractivity contribution in [3.05, 3.63) is 58.7 Å². The van der Waals surface area contributed by atoms with Crippen LogP contribution in [-0.2, 0) is 6.61 Å². The maximum absolute atomic E-state index is 9.43. The summed E-state index contributed by atoms with van der Waals surface area (Å²) in [5, 5.41) is 10.4. The van der Waals surface area contributed by atoms with Gasteiger partial charge in [-0.15, -0.1) is 0 Å². The minimum absolute atomic E-state index is 0.269. The average molecular weight is 318 g/mol. The van der Waals surface area contributed by atoms with Crippen LogP contribution in [0.2, 0.25) is 0 Å². The highest BCUT2D eigenvalue weighted by Crippen LogP contribution is 2.22. The molecule has 3 rings (SSSR count). The third-order valence-electron chi connectivity index (χ3n) is 2.85. The molecule has 0 atom stereocenters. The third-order valence-corrected chi connectivity index (χ3v) is 3.34. The summed E-state index contributed by atoms with van der Waals surface area (Å²) in [6, 6.07) is 15.0. The van der Waals surface area contributed by atoms with Gasteiger partial charge in [0.15, 0.2) is 0 Å². The third kappa shape index (κ3) is 2.74. The van der Waals surface area contributed by atoms with Crippen molar-refractivity contribution >= 4 is 26.8 Å². The van der Waals surface area contributed by atoms with Crippen LogP contribution in [0.25, 0.3) is 10.9 Å². The Kier molecular flexibility index (Phi) is 3.17. The molecule has 0 aliphatic carbocycles. The number of aromatic amines is 1. The van der Waals surface area contributed by atoms with Crippen molar-refractivity contribution in [2.24, 2.45) is 0 Å². The number of phenolic OH excluding ortho intramolecular Hbond substituents is 1. The van der Waals surface area contributed by atoms with Crippen molar-refractivity contribution < 1.29 is 9.84 Å². The Morgan fingerprint density at radius 3 is 2.84 bits per heavy atom. The highest BCUT2D eigenvalue weighted by molar-refractivity contribution is 9.10. The Labute approximate surface area is 119 Å². The fourth-order valence-corrected chi connectivity index (χ4v) is 2.35. The van der Waals surface area contributed by atoms with E-state index >= 15 is 0 Å². The smallest absolute Gasteiger partial charge is 0.128 e. The Bertz CT molecular complexity index is 721. The summed E-state index contributed by atoms with van der Waals surface area (Å²) >= 11 is 3.41. The summed E-state index contributed by atoms with van der Waals surface area (Å²) in [7, 11) is 0. The Morgan fingerprint density at radius 2 is 2.00 bits per heavy atom. The number of phenols is 1. The minimum atomic E-state index is 0.269. The normalized spacial score (nSPS) is 10.8. The molecule has 4 heteroatoms. The number of hydrogen-bond acceptors (Lipinski definition) is 2. The van der Waals surface area contributed by atoms with Crippen molar-refractivity contribution in [3.8, 4) is 11.5 Å². The molecular weight excluding hydrogens is 306 g/mol. The number of rotatable bonds is 3. The molecule has 96 valence electrons. The number of halogens is 1. The van der Waals surface area contributed by atoms with Crippen molar-refractivity contribution in [1.29, 1.82) is 0 Å². The highest BCUT2D eigenvalue weighted by atomic mass is 79.9. The molecular formula is C15H12BrNO2. The second-order valence-electron chi connectivity index (χ2n) is 4.31. The number of benzene rings is 2. The zero-order valence-corrected chi connectivity index (χ0v) is 11.6. The first-order valence-corrected chi connectivity index (χ1v) is 6.69. The standard InChI is InChI=1S/C15H12BrNO2/c16-11-2-1-3-14(8-11)19-9-12-6-10-7-13(18)4-5-15(10)17-12/h1-8,17-18H,9H2. The van der Waals surface area contributed by atoms with E-state index in [9.17, 15) is 5.11 Å². The molecule has 1 aromatic heterocycles. The van der Waals surface area contributed by atoms with Crippen molar-refractivity contribution in [2.45, 2.75) is 6.61 Å². The van der Waals surface area contributed by atoms with E-state index in [2.05, 4.69) is 20.9 Å². The topological polar surface area (TPSA) is 45.2 Å². The summed E-state index contributed by atoms with van der Waals surface area (Å²) in [4.78, 5) is 3.26. The van der Waals surface area contributed by atoms with Crippen LogP contribution in [0.5, 0.6) is 11.5 Å². The van der Waals surface area contributed by atoms with Crippen molar-refractivity contribution in [3.63, 3.8) is 0 Å². The lowest BCUT2D eigenvalue weighted by Crippen LogP contribution is -1.95. The zero-order valence-electron chi connectivity index (χ0n) is 10.1. The van der Waals surface area contributed by atoms with E-state index in [0.29, 0.717) is 6.61 Å². The van der Waals surface area contributed by atoms with Crippen LogP contribution in [0.4, 0.5) is 0 Å². The molecule has 0 saturated carbocycles. The largest absolute Gasteiger partial charge is 0.508 e. The molecule has 0 unspecified atom stereocenters. The Hall–Kier alpha value is -1.94. The summed E-state index contributed by atoms with van der Waals surface area (Å²) in [5.74, 6) is 1.09. The number of hydrogen-bond donors (Lipinski definition) is 2. The van der Waals surface area contributed by atoms with Crippen molar-refractivity contribution in [2.75, 3.05) is 0 Å². The van der Waals surface area contributed by atoms with E-state index in [-0.39, 0.29) is 5.75 Å². The van der Waals surface area contributed by atoms with Gasteiger partial charge in [0, 0.05) is 15.4 Å². The molecule has 0 aliphatic heterocycles. The van der Waals surface area contributed by atoms with Crippen LogP contribution < -0.4 is 4.74 Å². The summed E-state index contributed by atoms with van der Waals surface area (Å²) in [5.41, 5.74) is 1.96. The molecule has 0 radical (unpaired) electrons. The first-order valence-electron chi connectivity index (χ1n) is 5.90. The maximum atomic E-state index is 9.43. The van der Waals surface area contributed by atoms with E-state index in [0.717, 1.165) is 26.8 Å². The van der Waals surface area contributed by atoms with Gasteiger partial charge in [0.1, 0.15) is 18.1 Å². The monoisotopic (exact) mass is 317 g/mol. The predicted octanol–water partition coefficient (Wildman–Crippen LogP) is 4.22. The molecule has 1 heterocycles. The van der Waals surface area contributed by atoms with Gasteiger partial charge >= 0.3 is 0 Å². The second-order valence-corrected chi connectivity index (χ2v) is 5.23. The SMILES string of the molecule is Oc1ccc2[nH]c(COc3cccc(Br)c3)cc2c1. The van der Waals surface area contributed by atoms with Crippen LogP contribution in [0, 0.1) is 0 Å². The van der Waals surface area contributed by atoms with Crippen LogP contribution in [0.3, 0.4) is 0 Å². The van der Waals surface area contributed by atoms with Crippen molar-refractivity contribution in [1.82, 2.24) is 4.98 Å². The van der Waals surface area contributed by atoms with Gasteiger partial charge in [-0.2, -0.15) is 0 Å². The number of aromatic hydroxyl groups is 1. The molecule has 2 N–H and O–H groups in total. The van der Waals surface area contributed by atoms with Crippen LogP contribution in [0.15, 0.2) is 53.0 Å². The predicted molar refractivity (Wildman–Crippen MR) is 78.4 cm³/mol. The molecule has 0 aliphatic rings.